The van der Waals surface area contributed by atoms with E-state index in [1.165, 1.54) is 0 Å². The third-order valence-electron chi connectivity index (χ3n) is 5.71. The summed E-state index contributed by atoms with van der Waals surface area (Å²) < 4.78 is 27.3. The number of nitrogens with zero attached hydrogens (tertiary/aromatic N) is 2. The number of likely N-dealkylation sites (tertiary alicyclic amines) is 1. The summed E-state index contributed by atoms with van der Waals surface area (Å²) in [6, 6.07) is -0.0784. The highest BCUT2D eigenvalue weighted by molar-refractivity contribution is 5.78. The molecule has 124 valence electrons. The van der Waals surface area contributed by atoms with E-state index >= 15 is 0 Å². The Morgan fingerprint density at radius 2 is 2.00 bits per heavy atom. The topological polar surface area (TPSA) is 52.7 Å². The van der Waals surface area contributed by atoms with Crippen LogP contribution in [0.25, 0.3) is 0 Å². The maximum atomic E-state index is 13.6. The summed E-state index contributed by atoms with van der Waals surface area (Å²) in [7, 11) is 1.78. The standard InChI is InChI=1S/C15H23F2N3O2/c1-19-13(22)18-10-14(19)5-7-20(8-6-14)12(21)9-11-3-2-4-15(11,16)17/h11H,2-10H2,1H3,(H,18,22). The van der Waals surface area contributed by atoms with Crippen LogP contribution < -0.4 is 5.32 Å². The fourth-order valence-corrected chi connectivity index (χ4v) is 3.97. The second kappa shape index (κ2) is 5.35. The van der Waals surface area contributed by atoms with Gasteiger partial charge in [-0.05, 0) is 25.7 Å². The van der Waals surface area contributed by atoms with Crippen LogP contribution in [0.1, 0.15) is 38.5 Å². The monoisotopic (exact) mass is 315 g/mol. The maximum Gasteiger partial charge on any atom is 0.317 e. The van der Waals surface area contributed by atoms with Crippen molar-refractivity contribution in [2.24, 2.45) is 5.92 Å². The molecule has 0 aromatic heterocycles. The molecule has 7 heteroatoms. The quantitative estimate of drug-likeness (QED) is 0.845. The van der Waals surface area contributed by atoms with Crippen molar-refractivity contribution in [1.82, 2.24) is 15.1 Å². The zero-order chi connectivity index (χ0) is 16.0. The molecule has 0 bridgehead atoms. The van der Waals surface area contributed by atoms with Crippen molar-refractivity contribution in [3.05, 3.63) is 0 Å². The Balaban J connectivity index is 1.55. The maximum absolute atomic E-state index is 13.6. The van der Waals surface area contributed by atoms with E-state index in [1.54, 1.807) is 16.8 Å². The molecule has 2 saturated heterocycles. The molecule has 3 aliphatic rings. The number of nitrogens with one attached hydrogen (secondary N) is 1. The van der Waals surface area contributed by atoms with Crippen LogP contribution in [0.3, 0.4) is 0 Å². The van der Waals surface area contributed by atoms with Gasteiger partial charge in [0.25, 0.3) is 5.92 Å². The molecule has 1 saturated carbocycles. The molecular formula is C15H23F2N3O2. The molecule has 3 fully saturated rings. The fourth-order valence-electron chi connectivity index (χ4n) is 3.97. The molecule has 1 atom stereocenters. The van der Waals surface area contributed by atoms with Crippen molar-refractivity contribution in [2.75, 3.05) is 26.7 Å². The molecule has 22 heavy (non-hydrogen) atoms. The third-order valence-corrected chi connectivity index (χ3v) is 5.71. The number of carbonyl (C=O) groups is 2. The second-order valence-electron chi connectivity index (χ2n) is 6.88. The number of amides is 3. The van der Waals surface area contributed by atoms with Crippen LogP contribution in [-0.2, 0) is 4.79 Å². The summed E-state index contributed by atoms with van der Waals surface area (Å²) in [6.07, 6.45) is 2.22. The van der Waals surface area contributed by atoms with Gasteiger partial charge in [0.1, 0.15) is 0 Å². The SMILES string of the molecule is CN1C(=O)NCC12CCN(C(=O)CC1CCCC1(F)F)CC2. The molecule has 0 aromatic rings. The van der Waals surface area contributed by atoms with Gasteiger partial charge in [-0.3, -0.25) is 4.79 Å². The first-order chi connectivity index (χ1) is 10.3. The minimum atomic E-state index is -2.69. The molecule has 1 aliphatic carbocycles. The van der Waals surface area contributed by atoms with E-state index in [-0.39, 0.29) is 30.3 Å². The van der Waals surface area contributed by atoms with Gasteiger partial charge in [0, 0.05) is 45.4 Å². The number of urea groups is 1. The van der Waals surface area contributed by atoms with Gasteiger partial charge in [-0.1, -0.05) is 0 Å². The van der Waals surface area contributed by atoms with Crippen LogP contribution in [-0.4, -0.2) is 59.9 Å². The Morgan fingerprint density at radius 3 is 2.50 bits per heavy atom. The van der Waals surface area contributed by atoms with Crippen LogP contribution in [0, 0.1) is 5.92 Å². The number of piperidine rings is 1. The predicted molar refractivity (Wildman–Crippen MR) is 76.6 cm³/mol. The molecule has 1 unspecified atom stereocenters. The summed E-state index contributed by atoms with van der Waals surface area (Å²) in [6.45, 7) is 1.68. The lowest BCUT2D eigenvalue weighted by Gasteiger charge is -2.42. The van der Waals surface area contributed by atoms with Crippen molar-refractivity contribution in [3.63, 3.8) is 0 Å². The normalized spacial score (nSPS) is 30.0. The van der Waals surface area contributed by atoms with Crippen LogP contribution >= 0.6 is 0 Å². The molecule has 0 radical (unpaired) electrons. The van der Waals surface area contributed by atoms with Crippen molar-refractivity contribution in [1.29, 1.82) is 0 Å². The Morgan fingerprint density at radius 1 is 1.32 bits per heavy atom. The fraction of sp³-hybridized carbons (Fsp3) is 0.867. The van der Waals surface area contributed by atoms with Crippen molar-refractivity contribution < 1.29 is 18.4 Å². The Bertz CT molecular complexity index is 475. The largest absolute Gasteiger partial charge is 0.343 e. The molecule has 3 amide bonds. The number of likely N-dealkylation sites (N-methyl/N-ethyl adjacent to an activating group) is 1. The number of rotatable bonds is 2. The zero-order valence-electron chi connectivity index (χ0n) is 12.9. The average Bonchev–Trinajstić information content (AvgIpc) is 2.95. The van der Waals surface area contributed by atoms with Gasteiger partial charge >= 0.3 is 6.03 Å². The minimum Gasteiger partial charge on any atom is -0.343 e. The summed E-state index contributed by atoms with van der Waals surface area (Å²) in [5.41, 5.74) is -0.217. The number of halogens is 2. The van der Waals surface area contributed by atoms with Gasteiger partial charge in [0.15, 0.2) is 0 Å². The van der Waals surface area contributed by atoms with E-state index in [4.69, 9.17) is 0 Å². The molecule has 3 rings (SSSR count). The lowest BCUT2D eigenvalue weighted by atomic mass is 9.87. The third kappa shape index (κ3) is 2.54. The van der Waals surface area contributed by atoms with Crippen LogP contribution in [0.5, 0.6) is 0 Å². The highest BCUT2D eigenvalue weighted by Crippen LogP contribution is 2.42. The van der Waals surface area contributed by atoms with Gasteiger partial charge in [-0.15, -0.1) is 0 Å². The Labute approximate surface area is 129 Å². The number of carbonyl (C=O) groups excluding carboxylic acids is 2. The molecule has 0 aromatic carbocycles. The van der Waals surface area contributed by atoms with Crippen molar-refractivity contribution >= 4 is 11.9 Å². The van der Waals surface area contributed by atoms with Gasteiger partial charge < -0.3 is 15.1 Å². The summed E-state index contributed by atoms with van der Waals surface area (Å²) in [5, 5.41) is 2.83. The first kappa shape index (κ1) is 15.5. The number of hydrogen-bond acceptors (Lipinski definition) is 2. The lowest BCUT2D eigenvalue weighted by Crippen LogP contribution is -2.54. The number of hydrogen-bond donors (Lipinski definition) is 1. The van der Waals surface area contributed by atoms with Gasteiger partial charge in [-0.25, -0.2) is 13.6 Å². The summed E-state index contributed by atoms with van der Waals surface area (Å²) in [5.74, 6) is -3.65. The Hall–Kier alpha value is -1.40. The summed E-state index contributed by atoms with van der Waals surface area (Å²) in [4.78, 5) is 27.3. The molecule has 2 aliphatic heterocycles. The van der Waals surface area contributed by atoms with Gasteiger partial charge in [-0.2, -0.15) is 0 Å². The van der Waals surface area contributed by atoms with Gasteiger partial charge in [0.2, 0.25) is 5.91 Å². The molecule has 1 N–H and O–H groups in total. The van der Waals surface area contributed by atoms with Crippen molar-refractivity contribution in [3.8, 4) is 0 Å². The van der Waals surface area contributed by atoms with Crippen LogP contribution in [0.15, 0.2) is 0 Å². The molecular weight excluding hydrogens is 292 g/mol. The predicted octanol–water partition coefficient (Wildman–Crippen LogP) is 1.83. The molecule has 1 spiro atoms. The first-order valence-corrected chi connectivity index (χ1v) is 8.01. The van der Waals surface area contributed by atoms with E-state index in [0.29, 0.717) is 45.3 Å². The lowest BCUT2D eigenvalue weighted by molar-refractivity contribution is -0.137. The van der Waals surface area contributed by atoms with E-state index in [9.17, 15) is 18.4 Å². The van der Waals surface area contributed by atoms with E-state index < -0.39 is 11.8 Å². The Kier molecular flexibility index (Phi) is 3.77. The average molecular weight is 315 g/mol. The second-order valence-corrected chi connectivity index (χ2v) is 6.88. The molecule has 5 nitrogen and oxygen atoms in total. The smallest absolute Gasteiger partial charge is 0.317 e. The van der Waals surface area contributed by atoms with Crippen LogP contribution in [0.2, 0.25) is 0 Å². The first-order valence-electron chi connectivity index (χ1n) is 8.01. The molecule has 2 heterocycles. The van der Waals surface area contributed by atoms with E-state index in [2.05, 4.69) is 5.32 Å². The number of alkyl halides is 2. The minimum absolute atomic E-state index is 0.0486. The van der Waals surface area contributed by atoms with E-state index in [0.717, 1.165) is 0 Å². The zero-order valence-corrected chi connectivity index (χ0v) is 12.9. The van der Waals surface area contributed by atoms with Gasteiger partial charge in [0.05, 0.1) is 5.54 Å². The van der Waals surface area contributed by atoms with Crippen LogP contribution in [0.4, 0.5) is 13.6 Å². The van der Waals surface area contributed by atoms with Crippen molar-refractivity contribution in [2.45, 2.75) is 50.0 Å². The summed E-state index contributed by atoms with van der Waals surface area (Å²) >= 11 is 0. The highest BCUT2D eigenvalue weighted by atomic mass is 19.3. The van der Waals surface area contributed by atoms with E-state index in [1.807, 2.05) is 0 Å². The highest BCUT2D eigenvalue weighted by Gasteiger charge is 2.47.